The molecule has 7 N–H and O–H groups in total. The van der Waals surface area contributed by atoms with Crippen LogP contribution in [0.5, 0.6) is 11.5 Å². The third-order valence-corrected chi connectivity index (χ3v) is 7.95. The van der Waals surface area contributed by atoms with Crippen LogP contribution in [0.15, 0.2) is 12.1 Å². The van der Waals surface area contributed by atoms with E-state index in [0.29, 0.717) is 11.1 Å². The number of hydrogen-bond acceptors (Lipinski definition) is 11. The second-order valence-electron chi connectivity index (χ2n) is 12.4. The molecule has 0 heterocycles. The van der Waals surface area contributed by atoms with Gasteiger partial charge in [0.05, 0.1) is 29.2 Å². The lowest BCUT2D eigenvalue weighted by atomic mass is 9.58. The Balaban J connectivity index is 1.94. The number of amides is 2. The van der Waals surface area contributed by atoms with E-state index in [9.17, 15) is 39.3 Å². The predicted molar refractivity (Wildman–Crippen MR) is 155 cm³/mol. The van der Waals surface area contributed by atoms with Crippen molar-refractivity contribution in [2.45, 2.75) is 44.4 Å². The van der Waals surface area contributed by atoms with Crippen molar-refractivity contribution in [2.24, 2.45) is 17.6 Å². The van der Waals surface area contributed by atoms with Gasteiger partial charge < -0.3 is 36.6 Å². The van der Waals surface area contributed by atoms with Crippen LogP contribution in [0.2, 0.25) is 0 Å². The van der Waals surface area contributed by atoms with Crippen LogP contribution in [0.3, 0.4) is 0 Å². The molecule has 4 rings (SSSR count). The van der Waals surface area contributed by atoms with E-state index in [4.69, 9.17) is 5.73 Å². The lowest BCUT2D eigenvalue weighted by molar-refractivity contribution is -0.162. The Morgan fingerprint density at radius 2 is 1.69 bits per heavy atom. The number of nitrogens with one attached hydrogen (secondary N) is 2. The summed E-state index contributed by atoms with van der Waals surface area (Å²) in [6.45, 7) is 5.58. The first-order valence-electron chi connectivity index (χ1n) is 13.4. The Morgan fingerprint density at radius 1 is 1.07 bits per heavy atom. The minimum atomic E-state index is -2.84. The van der Waals surface area contributed by atoms with Crippen LogP contribution in [-0.2, 0) is 25.6 Å². The van der Waals surface area contributed by atoms with Crippen molar-refractivity contribution in [2.75, 3.05) is 45.0 Å². The van der Waals surface area contributed by atoms with Crippen LogP contribution in [0.25, 0.3) is 10.8 Å². The van der Waals surface area contributed by atoms with Crippen molar-refractivity contribution in [3.05, 3.63) is 23.3 Å². The normalized spacial score (nSPS) is 24.0. The quantitative estimate of drug-likeness (QED) is 0.196. The minimum Gasteiger partial charge on any atom is -0.506 e. The number of phenols is 2. The molecule has 1 saturated carbocycles. The molecule has 0 aliphatic heterocycles. The fourth-order valence-electron chi connectivity index (χ4n) is 5.98. The second kappa shape index (κ2) is 10.3. The number of carbonyl (C=O) groups excluding carboxylic acids is 5. The van der Waals surface area contributed by atoms with E-state index in [1.165, 1.54) is 25.1 Å². The molecule has 2 aliphatic rings. The van der Waals surface area contributed by atoms with Gasteiger partial charge in [-0.3, -0.25) is 28.9 Å². The molecule has 13 nitrogen and oxygen atoms in total. The lowest BCUT2D eigenvalue weighted by Gasteiger charge is -2.48. The van der Waals surface area contributed by atoms with Gasteiger partial charge in [-0.2, -0.15) is 0 Å². The zero-order valence-electron chi connectivity index (χ0n) is 24.7. The molecule has 13 heteroatoms. The van der Waals surface area contributed by atoms with Crippen molar-refractivity contribution in [1.29, 1.82) is 0 Å². The Labute approximate surface area is 242 Å². The highest BCUT2D eigenvalue weighted by Crippen LogP contribution is 2.51. The fourth-order valence-corrected chi connectivity index (χ4v) is 5.98. The van der Waals surface area contributed by atoms with Crippen molar-refractivity contribution in [3.8, 4) is 11.5 Å². The van der Waals surface area contributed by atoms with Crippen LogP contribution in [0.4, 0.5) is 11.4 Å². The summed E-state index contributed by atoms with van der Waals surface area (Å²) >= 11 is 0. The van der Waals surface area contributed by atoms with E-state index >= 15 is 0 Å². The number of hydrogen-bond donors (Lipinski definition) is 6. The molecule has 0 spiro atoms. The van der Waals surface area contributed by atoms with E-state index in [2.05, 4.69) is 10.6 Å². The maximum absolute atomic E-state index is 14.0. The number of ketones is 3. The van der Waals surface area contributed by atoms with Crippen molar-refractivity contribution < 1.29 is 39.3 Å². The van der Waals surface area contributed by atoms with E-state index < -0.39 is 69.7 Å². The highest BCUT2D eigenvalue weighted by molar-refractivity contribution is 6.33. The van der Waals surface area contributed by atoms with Gasteiger partial charge in [0, 0.05) is 36.6 Å². The SMILES string of the molecule is CN(C)c1cc(NC(=O)CNC(C)(C)C)c(O)c2c(O)c3c(cc12)CC1C(N(C)C)C(=O)C(C(N)=O)C(=O)[C@@]1(O)C3=O. The number of nitrogens with zero attached hydrogens (tertiary/aromatic N) is 2. The van der Waals surface area contributed by atoms with Gasteiger partial charge in [-0.15, -0.1) is 0 Å². The third kappa shape index (κ3) is 4.76. The smallest absolute Gasteiger partial charge is 0.238 e. The molecule has 0 bridgehead atoms. The fraction of sp³-hybridized carbons (Fsp3) is 0.483. The third-order valence-electron chi connectivity index (χ3n) is 7.95. The van der Waals surface area contributed by atoms with Crippen LogP contribution in [0, 0.1) is 11.8 Å². The van der Waals surface area contributed by atoms with E-state index in [-0.39, 0.29) is 35.1 Å². The summed E-state index contributed by atoms with van der Waals surface area (Å²) in [7, 11) is 6.46. The van der Waals surface area contributed by atoms with Gasteiger partial charge in [0.2, 0.25) is 17.6 Å². The first-order chi connectivity index (χ1) is 19.3. The highest BCUT2D eigenvalue weighted by Gasteiger charge is 2.66. The molecule has 2 aromatic rings. The number of carbonyl (C=O) groups is 5. The summed E-state index contributed by atoms with van der Waals surface area (Å²) < 4.78 is 0. The van der Waals surface area contributed by atoms with Gasteiger partial charge in [-0.1, -0.05) is 0 Å². The van der Waals surface area contributed by atoms with E-state index in [0.717, 1.165) is 0 Å². The van der Waals surface area contributed by atoms with Crippen LogP contribution >= 0.6 is 0 Å². The highest BCUT2D eigenvalue weighted by atomic mass is 16.3. The molecule has 0 radical (unpaired) electrons. The molecular formula is C29H37N5O8. The maximum atomic E-state index is 14.0. The van der Waals surface area contributed by atoms with Gasteiger partial charge in [-0.25, -0.2) is 0 Å². The molecular weight excluding hydrogens is 546 g/mol. The summed E-state index contributed by atoms with van der Waals surface area (Å²) in [5, 5.41) is 40.2. The number of benzene rings is 2. The van der Waals surface area contributed by atoms with Crippen LogP contribution in [-0.4, -0.2) is 101 Å². The Bertz CT molecular complexity index is 1540. The molecule has 4 atom stereocenters. The van der Waals surface area contributed by atoms with Gasteiger partial charge in [-0.05, 0) is 59.0 Å². The topological polar surface area (TPSA) is 203 Å². The summed E-state index contributed by atoms with van der Waals surface area (Å²) in [6, 6.07) is 1.86. The molecule has 42 heavy (non-hydrogen) atoms. The summed E-state index contributed by atoms with van der Waals surface area (Å²) in [6.07, 6.45) is -0.183. The van der Waals surface area contributed by atoms with Crippen LogP contribution < -0.4 is 21.3 Å². The number of phenolic OH excluding ortho intramolecular Hbond substituents is 2. The number of fused-ring (bicyclic) bond motifs is 3. The van der Waals surface area contributed by atoms with Crippen molar-refractivity contribution in [1.82, 2.24) is 10.2 Å². The Morgan fingerprint density at radius 3 is 2.21 bits per heavy atom. The average molecular weight is 584 g/mol. The molecule has 0 aromatic heterocycles. The molecule has 2 amide bonds. The maximum Gasteiger partial charge on any atom is 0.238 e. The summed E-state index contributed by atoms with van der Waals surface area (Å²) in [5.41, 5.74) is 2.40. The minimum absolute atomic E-state index is 0.0391. The largest absolute Gasteiger partial charge is 0.506 e. The van der Waals surface area contributed by atoms with E-state index in [1.54, 1.807) is 25.1 Å². The molecule has 1 fully saturated rings. The molecule has 2 aromatic carbocycles. The number of aliphatic hydroxyl groups is 1. The van der Waals surface area contributed by atoms with Gasteiger partial charge >= 0.3 is 0 Å². The van der Waals surface area contributed by atoms with Crippen molar-refractivity contribution in [3.63, 3.8) is 0 Å². The van der Waals surface area contributed by atoms with E-state index in [1.807, 2.05) is 20.8 Å². The molecule has 0 saturated heterocycles. The molecule has 2 aliphatic carbocycles. The van der Waals surface area contributed by atoms with Gasteiger partial charge in [0.1, 0.15) is 5.75 Å². The zero-order valence-corrected chi connectivity index (χ0v) is 24.7. The number of anilines is 2. The number of rotatable bonds is 6. The van der Waals surface area contributed by atoms with Crippen molar-refractivity contribution >= 4 is 51.3 Å². The standard InChI is InChI=1S/C29H37N5O8/c1-28(2,3)31-11-17(35)32-15-10-16(33(4)5)13-8-12-9-14-21(34(6)7)24(38)20(27(30)41)26(40)29(14,42)25(39)18(12)23(37)19(13)22(15)36/h8,10,14,20-21,31,36-37,42H,9,11H2,1-7H3,(H2,30,41)(H,32,35)/t14?,20?,21?,29-/m0/s1. The predicted octanol–water partition coefficient (Wildman–Crippen LogP) is -0.0868. The summed E-state index contributed by atoms with van der Waals surface area (Å²) in [5.74, 6) is -9.71. The number of primary amides is 1. The zero-order chi connectivity index (χ0) is 31.6. The number of aromatic hydroxyl groups is 2. The first-order valence-corrected chi connectivity index (χ1v) is 13.4. The number of nitrogens with two attached hydrogens (primary N) is 1. The monoisotopic (exact) mass is 583 g/mol. The Hall–Kier alpha value is -4.07. The Kier molecular flexibility index (Phi) is 7.60. The molecule has 3 unspecified atom stereocenters. The summed E-state index contributed by atoms with van der Waals surface area (Å²) in [4.78, 5) is 68.5. The molecule has 226 valence electrons. The number of likely N-dealkylation sites (N-methyl/N-ethyl adjacent to an activating group) is 1. The van der Waals surface area contributed by atoms with Crippen LogP contribution in [0.1, 0.15) is 36.7 Å². The van der Waals surface area contributed by atoms with Gasteiger partial charge in [0.15, 0.2) is 28.8 Å². The number of Topliss-reactive ketones (excluding diaryl/α,β-unsaturated/α-hetero) is 3. The second-order valence-corrected chi connectivity index (χ2v) is 12.4. The first kappa shape index (κ1) is 30.9. The lowest BCUT2D eigenvalue weighted by Crippen LogP contribution is -2.71. The average Bonchev–Trinajstić information content (AvgIpc) is 2.85. The van der Waals surface area contributed by atoms with Gasteiger partial charge in [0.25, 0.3) is 0 Å².